The maximum Gasteiger partial charge on any atom is 0.244 e. The Morgan fingerprint density at radius 2 is 1.92 bits per heavy atom. The third-order valence-electron chi connectivity index (χ3n) is 4.34. The van der Waals surface area contributed by atoms with Crippen LogP contribution < -0.4 is 5.32 Å². The normalized spacial score (nSPS) is 16.5. The third kappa shape index (κ3) is 5.51. The first-order chi connectivity index (χ1) is 12.7. The second kappa shape index (κ2) is 9.27. The molecule has 0 aromatic heterocycles. The van der Waals surface area contributed by atoms with Crippen LogP contribution in [0.1, 0.15) is 17.2 Å². The van der Waals surface area contributed by atoms with Crippen molar-refractivity contribution < 1.29 is 13.9 Å². The molecule has 1 aliphatic heterocycles. The first-order valence-corrected chi connectivity index (χ1v) is 8.80. The van der Waals surface area contributed by atoms with Crippen LogP contribution >= 0.6 is 0 Å². The molecule has 5 heteroatoms. The van der Waals surface area contributed by atoms with E-state index in [1.54, 1.807) is 18.2 Å². The van der Waals surface area contributed by atoms with E-state index in [1.165, 1.54) is 18.2 Å². The Kier molecular flexibility index (Phi) is 6.52. The van der Waals surface area contributed by atoms with Crippen molar-refractivity contribution in [2.45, 2.75) is 6.04 Å². The number of carbonyl (C=O) groups excluding carboxylic acids is 1. The molecular weight excluding hydrogens is 331 g/mol. The van der Waals surface area contributed by atoms with E-state index in [-0.39, 0.29) is 17.8 Å². The number of carbonyl (C=O) groups is 1. The van der Waals surface area contributed by atoms with Crippen LogP contribution in [0.15, 0.2) is 60.7 Å². The van der Waals surface area contributed by atoms with E-state index in [1.807, 2.05) is 30.3 Å². The van der Waals surface area contributed by atoms with E-state index >= 15 is 0 Å². The molecule has 3 rings (SSSR count). The SMILES string of the molecule is O=C(/C=C/c1cccc(F)c1)N[C@H](CN1CCOCC1)c1ccccc1. The number of ether oxygens (including phenoxy) is 1. The van der Waals surface area contributed by atoms with Gasteiger partial charge in [0.15, 0.2) is 0 Å². The Labute approximate surface area is 153 Å². The zero-order chi connectivity index (χ0) is 18.2. The molecule has 26 heavy (non-hydrogen) atoms. The summed E-state index contributed by atoms with van der Waals surface area (Å²) in [6.07, 6.45) is 3.07. The van der Waals surface area contributed by atoms with Gasteiger partial charge in [-0.25, -0.2) is 4.39 Å². The van der Waals surface area contributed by atoms with Crippen LogP contribution in [0.25, 0.3) is 6.08 Å². The Morgan fingerprint density at radius 1 is 1.15 bits per heavy atom. The molecule has 1 atom stereocenters. The minimum Gasteiger partial charge on any atom is -0.379 e. The smallest absolute Gasteiger partial charge is 0.244 e. The van der Waals surface area contributed by atoms with E-state index in [0.29, 0.717) is 5.56 Å². The summed E-state index contributed by atoms with van der Waals surface area (Å²) in [7, 11) is 0. The van der Waals surface area contributed by atoms with E-state index in [2.05, 4.69) is 10.2 Å². The van der Waals surface area contributed by atoms with Gasteiger partial charge in [-0.15, -0.1) is 0 Å². The maximum atomic E-state index is 13.2. The van der Waals surface area contributed by atoms with E-state index in [4.69, 9.17) is 4.74 Å². The Balaban J connectivity index is 1.67. The first-order valence-electron chi connectivity index (χ1n) is 8.80. The van der Waals surface area contributed by atoms with Gasteiger partial charge in [0.2, 0.25) is 5.91 Å². The van der Waals surface area contributed by atoms with Crippen LogP contribution in [0.4, 0.5) is 4.39 Å². The molecule has 1 saturated heterocycles. The van der Waals surface area contributed by atoms with Crippen LogP contribution in [-0.4, -0.2) is 43.7 Å². The fourth-order valence-electron chi connectivity index (χ4n) is 2.96. The highest BCUT2D eigenvalue weighted by atomic mass is 19.1. The Bertz CT molecular complexity index is 743. The molecule has 0 radical (unpaired) electrons. The lowest BCUT2D eigenvalue weighted by Gasteiger charge is -2.31. The largest absolute Gasteiger partial charge is 0.379 e. The number of benzene rings is 2. The lowest BCUT2D eigenvalue weighted by Crippen LogP contribution is -2.42. The summed E-state index contributed by atoms with van der Waals surface area (Å²) in [5.74, 6) is -0.515. The predicted molar refractivity (Wildman–Crippen MR) is 100 cm³/mol. The van der Waals surface area contributed by atoms with Gasteiger partial charge in [0, 0.05) is 25.7 Å². The molecule has 136 valence electrons. The molecule has 1 fully saturated rings. The average Bonchev–Trinajstić information content (AvgIpc) is 2.67. The van der Waals surface area contributed by atoms with Crippen molar-refractivity contribution in [1.82, 2.24) is 10.2 Å². The molecule has 2 aromatic rings. The Morgan fingerprint density at radius 3 is 2.65 bits per heavy atom. The molecule has 0 saturated carbocycles. The van der Waals surface area contributed by atoms with Gasteiger partial charge >= 0.3 is 0 Å². The second-order valence-electron chi connectivity index (χ2n) is 6.27. The number of morpholine rings is 1. The minimum atomic E-state index is -0.318. The van der Waals surface area contributed by atoms with Gasteiger partial charge in [-0.3, -0.25) is 9.69 Å². The molecule has 2 aromatic carbocycles. The van der Waals surface area contributed by atoms with Gasteiger partial charge in [-0.2, -0.15) is 0 Å². The van der Waals surface area contributed by atoms with Gasteiger partial charge in [0.05, 0.1) is 19.3 Å². The van der Waals surface area contributed by atoms with Crippen molar-refractivity contribution in [1.29, 1.82) is 0 Å². The lowest BCUT2D eigenvalue weighted by atomic mass is 10.1. The molecule has 0 spiro atoms. The van der Waals surface area contributed by atoms with E-state index in [0.717, 1.165) is 38.4 Å². The van der Waals surface area contributed by atoms with E-state index in [9.17, 15) is 9.18 Å². The fraction of sp³-hybridized carbons (Fsp3) is 0.286. The highest BCUT2D eigenvalue weighted by Gasteiger charge is 2.19. The average molecular weight is 354 g/mol. The van der Waals surface area contributed by atoms with Gasteiger partial charge in [-0.1, -0.05) is 42.5 Å². The van der Waals surface area contributed by atoms with Crippen molar-refractivity contribution in [3.05, 3.63) is 77.6 Å². The summed E-state index contributed by atoms with van der Waals surface area (Å²) in [6, 6.07) is 16.0. The molecule has 1 heterocycles. The molecule has 1 N–H and O–H groups in total. The topological polar surface area (TPSA) is 41.6 Å². The van der Waals surface area contributed by atoms with Gasteiger partial charge in [0.25, 0.3) is 0 Å². The zero-order valence-corrected chi connectivity index (χ0v) is 14.6. The van der Waals surface area contributed by atoms with Crippen molar-refractivity contribution in [2.75, 3.05) is 32.8 Å². The Hall–Kier alpha value is -2.50. The number of amides is 1. The first kappa shape index (κ1) is 18.3. The van der Waals surface area contributed by atoms with Crippen molar-refractivity contribution in [2.24, 2.45) is 0 Å². The number of halogens is 1. The van der Waals surface area contributed by atoms with Crippen LogP contribution in [0.3, 0.4) is 0 Å². The third-order valence-corrected chi connectivity index (χ3v) is 4.34. The number of nitrogens with zero attached hydrogens (tertiary/aromatic N) is 1. The summed E-state index contributed by atoms with van der Waals surface area (Å²) < 4.78 is 18.6. The van der Waals surface area contributed by atoms with Gasteiger partial charge < -0.3 is 10.1 Å². The molecule has 0 aliphatic carbocycles. The molecule has 0 unspecified atom stereocenters. The monoisotopic (exact) mass is 354 g/mol. The fourth-order valence-corrected chi connectivity index (χ4v) is 2.96. The van der Waals surface area contributed by atoms with Crippen LogP contribution in [-0.2, 0) is 9.53 Å². The standard InChI is InChI=1S/C21H23FN2O2/c22-19-8-4-5-17(15-19)9-10-21(25)23-20(18-6-2-1-3-7-18)16-24-11-13-26-14-12-24/h1-10,15,20H,11-14,16H2,(H,23,25)/b10-9+/t20-/m1/s1. The van der Waals surface area contributed by atoms with Crippen molar-refractivity contribution in [3.63, 3.8) is 0 Å². The quantitative estimate of drug-likeness (QED) is 0.811. The predicted octanol–water partition coefficient (Wildman–Crippen LogP) is 3.03. The van der Waals surface area contributed by atoms with Crippen LogP contribution in [0.5, 0.6) is 0 Å². The summed E-state index contributed by atoms with van der Waals surface area (Å²) in [5.41, 5.74) is 1.72. The molecule has 0 bridgehead atoms. The van der Waals surface area contributed by atoms with Crippen LogP contribution in [0.2, 0.25) is 0 Å². The molecular formula is C21H23FN2O2. The number of nitrogens with one attached hydrogen (secondary N) is 1. The van der Waals surface area contributed by atoms with Crippen molar-refractivity contribution >= 4 is 12.0 Å². The zero-order valence-electron chi connectivity index (χ0n) is 14.6. The maximum absolute atomic E-state index is 13.2. The number of hydrogen-bond donors (Lipinski definition) is 1. The van der Waals surface area contributed by atoms with Gasteiger partial charge in [-0.05, 0) is 29.3 Å². The second-order valence-corrected chi connectivity index (χ2v) is 6.27. The summed E-state index contributed by atoms with van der Waals surface area (Å²) in [5, 5.41) is 3.06. The number of hydrogen-bond acceptors (Lipinski definition) is 3. The van der Waals surface area contributed by atoms with Gasteiger partial charge in [0.1, 0.15) is 5.82 Å². The lowest BCUT2D eigenvalue weighted by molar-refractivity contribution is -0.117. The number of rotatable bonds is 6. The van der Waals surface area contributed by atoms with Crippen LogP contribution in [0, 0.1) is 5.82 Å². The highest BCUT2D eigenvalue weighted by Crippen LogP contribution is 2.15. The summed E-state index contributed by atoms with van der Waals surface area (Å²) in [6.45, 7) is 3.88. The van der Waals surface area contributed by atoms with E-state index < -0.39 is 0 Å². The molecule has 4 nitrogen and oxygen atoms in total. The molecule has 1 aliphatic rings. The highest BCUT2D eigenvalue weighted by molar-refractivity contribution is 5.92. The summed E-state index contributed by atoms with van der Waals surface area (Å²) in [4.78, 5) is 14.7. The minimum absolute atomic E-state index is 0.112. The molecule has 1 amide bonds. The van der Waals surface area contributed by atoms with Crippen molar-refractivity contribution in [3.8, 4) is 0 Å². The summed E-state index contributed by atoms with van der Waals surface area (Å²) >= 11 is 0.